The molecule has 1 aliphatic carbocycles. The van der Waals surface area contributed by atoms with E-state index in [4.69, 9.17) is 23.7 Å². The molecule has 0 aromatic rings. The van der Waals surface area contributed by atoms with Crippen molar-refractivity contribution in [3.05, 3.63) is 47.6 Å². The average Bonchev–Trinajstić information content (AvgIpc) is 3.26. The number of Topliss-reactive ketones (excluding diaryl/α,β-unsaturated/α-hetero) is 2. The Bertz CT molecular complexity index is 1520. The van der Waals surface area contributed by atoms with Crippen molar-refractivity contribution >= 4 is 23.8 Å². The van der Waals surface area contributed by atoms with Crippen LogP contribution in [0.2, 0.25) is 0 Å². The van der Waals surface area contributed by atoms with Gasteiger partial charge in [0.15, 0.2) is 6.29 Å². The molecule has 0 radical (unpaired) electrons. The van der Waals surface area contributed by atoms with Gasteiger partial charge in [0.1, 0.15) is 24.0 Å². The Morgan fingerprint density at radius 1 is 0.935 bits per heavy atom. The lowest BCUT2D eigenvalue weighted by Gasteiger charge is -2.40. The van der Waals surface area contributed by atoms with Crippen molar-refractivity contribution in [2.75, 3.05) is 34.9 Å². The quantitative estimate of drug-likeness (QED) is 0.0286. The number of carbonyl (C=O) groups excluding carboxylic acids is 4. The molecule has 0 aromatic carbocycles. The summed E-state index contributed by atoms with van der Waals surface area (Å²) in [6.07, 6.45) is 22.6. The summed E-state index contributed by atoms with van der Waals surface area (Å²) in [6.45, 7) is 10.4. The maximum absolute atomic E-state index is 13.7. The van der Waals surface area contributed by atoms with Crippen LogP contribution >= 0.6 is 0 Å². The van der Waals surface area contributed by atoms with Gasteiger partial charge in [-0.15, -0.1) is 0 Å². The molecule has 2 saturated heterocycles. The van der Waals surface area contributed by atoms with Crippen LogP contribution in [-0.4, -0.2) is 122 Å². The minimum absolute atomic E-state index is 0.00906. The van der Waals surface area contributed by atoms with Crippen molar-refractivity contribution in [1.29, 1.82) is 0 Å². The zero-order valence-corrected chi connectivity index (χ0v) is 39.4. The molecule has 12 heteroatoms. The van der Waals surface area contributed by atoms with E-state index in [0.717, 1.165) is 76.3 Å². The molecule has 2 heterocycles. The van der Waals surface area contributed by atoms with E-state index in [1.807, 2.05) is 58.2 Å². The van der Waals surface area contributed by atoms with Crippen LogP contribution in [0.1, 0.15) is 137 Å². The van der Waals surface area contributed by atoms with Crippen molar-refractivity contribution in [1.82, 2.24) is 4.90 Å². The molecule has 7 unspecified atom stereocenters. The van der Waals surface area contributed by atoms with Gasteiger partial charge in [-0.05, 0) is 121 Å². The second-order valence-electron chi connectivity index (χ2n) is 18.6. The zero-order valence-electron chi connectivity index (χ0n) is 39.4. The second-order valence-corrected chi connectivity index (χ2v) is 18.6. The van der Waals surface area contributed by atoms with Gasteiger partial charge in [0.25, 0.3) is 5.78 Å². The molecular weight excluding hydrogens is 791 g/mol. The number of methoxy groups -OCH3 is 3. The van der Waals surface area contributed by atoms with E-state index < -0.39 is 47.8 Å². The summed E-state index contributed by atoms with van der Waals surface area (Å²) in [6, 6.07) is -0.269. The number of aliphatic hydroxyl groups excluding tert-OH is 1. The van der Waals surface area contributed by atoms with E-state index in [1.54, 1.807) is 28.3 Å². The Morgan fingerprint density at radius 2 is 1.69 bits per heavy atom. The molecule has 3 rings (SSSR count). The molecule has 0 amide bonds. The van der Waals surface area contributed by atoms with Crippen LogP contribution in [0.4, 0.5) is 0 Å². The Morgan fingerprint density at radius 3 is 2.37 bits per heavy atom. The molecule has 12 nitrogen and oxygen atoms in total. The van der Waals surface area contributed by atoms with Crippen LogP contribution < -0.4 is 0 Å². The van der Waals surface area contributed by atoms with Gasteiger partial charge in [0, 0.05) is 46.0 Å². The summed E-state index contributed by atoms with van der Waals surface area (Å²) in [7, 11) is 6.96. The topological polar surface area (TPSA) is 158 Å². The summed E-state index contributed by atoms with van der Waals surface area (Å²) in [4.78, 5) is 52.3. The van der Waals surface area contributed by atoms with Crippen LogP contribution in [-0.2, 0) is 42.9 Å². The Labute approximate surface area is 372 Å². The van der Waals surface area contributed by atoms with Gasteiger partial charge >= 0.3 is 5.97 Å². The number of ether oxygens (including phenoxy) is 5. The summed E-state index contributed by atoms with van der Waals surface area (Å²) < 4.78 is 29.0. The van der Waals surface area contributed by atoms with Gasteiger partial charge in [-0.3, -0.25) is 24.1 Å². The number of esters is 1. The fraction of sp³-hybridized carbons (Fsp3) is 0.760. The summed E-state index contributed by atoms with van der Waals surface area (Å²) in [5.74, 6) is -3.45. The molecule has 12 atom stereocenters. The normalized spacial score (nSPS) is 28.6. The first-order valence-electron chi connectivity index (χ1n) is 23.3. The molecule has 1 saturated carbocycles. The van der Waals surface area contributed by atoms with Crippen molar-refractivity contribution in [3.63, 3.8) is 0 Å². The van der Waals surface area contributed by atoms with Crippen LogP contribution in [0.25, 0.3) is 0 Å². The maximum atomic E-state index is 13.7. The first-order valence-corrected chi connectivity index (χ1v) is 23.3. The second kappa shape index (κ2) is 27.5. The highest BCUT2D eigenvalue weighted by atomic mass is 16.6. The molecule has 0 aromatic heterocycles. The number of hydrogen-bond acceptors (Lipinski definition) is 12. The number of likely N-dealkylation sites (N-methyl/N-ethyl adjacent to an activating group) is 1. The van der Waals surface area contributed by atoms with Gasteiger partial charge in [-0.2, -0.15) is 0 Å². The highest BCUT2D eigenvalue weighted by Gasteiger charge is 2.47. The highest BCUT2D eigenvalue weighted by molar-refractivity contribution is 6.28. The minimum atomic E-state index is -2.09. The van der Waals surface area contributed by atoms with Gasteiger partial charge in [-0.1, -0.05) is 76.5 Å². The Hall–Kier alpha value is -2.84. The van der Waals surface area contributed by atoms with Crippen LogP contribution in [0.3, 0.4) is 0 Å². The van der Waals surface area contributed by atoms with Crippen LogP contribution in [0.5, 0.6) is 0 Å². The lowest BCUT2D eigenvalue weighted by molar-refractivity contribution is -0.263. The SMILES string of the molecule is COC1CCCC(CC[C@H](CC(=O)[C@H](C)/C=C(\C)C(O)[C@H](CC(C)CC/C=C/C=C/C=C(\C)[C@H](CC2CCC(C)C(O)(C(=O)C=O)O2)OC)OC)OC(=O)[C@@H]2CCCCN2C)C1. The number of aliphatic hydroxyl groups is 2. The number of piperidine rings is 1. The van der Waals surface area contributed by atoms with Crippen molar-refractivity contribution in [3.8, 4) is 0 Å². The number of likely N-dealkylation sites (tertiary alicyclic amines) is 1. The largest absolute Gasteiger partial charge is 0.461 e. The zero-order chi connectivity index (χ0) is 45.8. The van der Waals surface area contributed by atoms with E-state index in [9.17, 15) is 29.4 Å². The molecule has 2 aliphatic heterocycles. The third-order valence-corrected chi connectivity index (χ3v) is 13.7. The Kier molecular flexibility index (Phi) is 23.7. The summed E-state index contributed by atoms with van der Waals surface area (Å²) in [5, 5.41) is 22.1. The lowest BCUT2D eigenvalue weighted by atomic mass is 9.83. The third kappa shape index (κ3) is 16.9. The molecule has 62 heavy (non-hydrogen) atoms. The molecular formula is C50H81NO11. The molecule has 3 aliphatic rings. The van der Waals surface area contributed by atoms with E-state index in [1.165, 1.54) is 0 Å². The number of hydrogen-bond donors (Lipinski definition) is 2. The number of rotatable bonds is 26. The third-order valence-electron chi connectivity index (χ3n) is 13.7. The van der Waals surface area contributed by atoms with Crippen molar-refractivity contribution in [2.45, 2.75) is 186 Å². The van der Waals surface area contributed by atoms with Gasteiger partial charge < -0.3 is 33.9 Å². The van der Waals surface area contributed by atoms with Gasteiger partial charge in [0.05, 0.1) is 24.4 Å². The highest BCUT2D eigenvalue weighted by Crippen LogP contribution is 2.35. The van der Waals surface area contributed by atoms with Gasteiger partial charge in [0.2, 0.25) is 5.79 Å². The Balaban J connectivity index is 1.49. The number of ketones is 2. The predicted octanol–water partition coefficient (Wildman–Crippen LogP) is 7.83. The first kappa shape index (κ1) is 53.5. The molecule has 352 valence electrons. The number of aldehydes is 1. The summed E-state index contributed by atoms with van der Waals surface area (Å²) in [5.41, 5.74) is 1.65. The molecule has 0 bridgehead atoms. The van der Waals surface area contributed by atoms with Crippen molar-refractivity contribution < 1.29 is 53.1 Å². The molecule has 3 fully saturated rings. The molecule has 0 spiro atoms. The summed E-state index contributed by atoms with van der Waals surface area (Å²) >= 11 is 0. The van der Waals surface area contributed by atoms with Gasteiger partial charge in [-0.25, -0.2) is 0 Å². The van der Waals surface area contributed by atoms with E-state index in [2.05, 4.69) is 17.9 Å². The molecule has 2 N–H and O–H groups in total. The fourth-order valence-corrected chi connectivity index (χ4v) is 9.37. The van der Waals surface area contributed by atoms with Crippen molar-refractivity contribution in [2.24, 2.45) is 23.7 Å². The predicted molar refractivity (Wildman–Crippen MR) is 241 cm³/mol. The number of allylic oxidation sites excluding steroid dienone is 6. The average molecular weight is 872 g/mol. The van der Waals surface area contributed by atoms with Crippen LogP contribution in [0, 0.1) is 23.7 Å². The lowest BCUT2D eigenvalue weighted by Crippen LogP contribution is -2.53. The standard InChI is InChI=1S/C50H81NO11/c1-34(18-13-11-10-12-14-19-35(2)45(59-8)32-42-25-23-38(5)50(57,62-42)47(54)33-52)28-46(60-9)48(55)37(4)29-36(3)44(53)31-41(26-24-39-20-17-21-40(30-39)58-7)61-49(56)43-22-15-16-27-51(43)6/h10-12,14,19,29,33-34,36,38-43,45-46,48,55,57H,13,15-18,20-28,30-32H2,1-9H3/b11-10+,14-12+,35-19+,37-29+/t34?,36-,38?,39?,40?,41-,42?,43+,45+,46+,48?,50?/m1/s1. The smallest absolute Gasteiger partial charge is 0.323 e. The van der Waals surface area contributed by atoms with E-state index in [-0.39, 0.29) is 48.6 Å². The first-order chi connectivity index (χ1) is 29.6. The number of nitrogens with zero attached hydrogens (tertiary/aromatic N) is 1. The van der Waals surface area contributed by atoms with E-state index >= 15 is 0 Å². The van der Waals surface area contributed by atoms with Crippen LogP contribution in [0.15, 0.2) is 47.6 Å². The number of carbonyl (C=O) groups is 4. The maximum Gasteiger partial charge on any atom is 0.323 e. The minimum Gasteiger partial charge on any atom is -0.461 e. The monoisotopic (exact) mass is 872 g/mol. The fourth-order valence-electron chi connectivity index (χ4n) is 9.37. The van der Waals surface area contributed by atoms with E-state index in [0.29, 0.717) is 43.6 Å².